The monoisotopic (exact) mass is 244 g/mol. The third-order valence-electron chi connectivity index (χ3n) is 2.11. The highest BCUT2D eigenvalue weighted by molar-refractivity contribution is 8.13. The zero-order valence-corrected chi connectivity index (χ0v) is 10.5. The van der Waals surface area contributed by atoms with Crippen molar-refractivity contribution in [3.63, 3.8) is 0 Å². The summed E-state index contributed by atoms with van der Waals surface area (Å²) >= 11 is 1.09. The molecule has 5 heteroatoms. The van der Waals surface area contributed by atoms with Gasteiger partial charge in [0.25, 0.3) is 0 Å². The number of carbonyl (C=O) groups is 3. The quantitative estimate of drug-likeness (QED) is 0.722. The maximum atomic E-state index is 11.2. The normalized spacial score (nSPS) is 13.3. The van der Waals surface area contributed by atoms with Crippen LogP contribution in [0.5, 0.6) is 0 Å². The van der Waals surface area contributed by atoms with E-state index in [0.717, 1.165) is 11.8 Å². The highest BCUT2D eigenvalue weighted by Crippen LogP contribution is 2.15. The molecule has 4 nitrogen and oxygen atoms in total. The predicted octanol–water partition coefficient (Wildman–Crippen LogP) is 1.89. The molecular weight excluding hydrogens is 228 g/mol. The van der Waals surface area contributed by atoms with Crippen LogP contribution in [0, 0.1) is 5.92 Å². The van der Waals surface area contributed by atoms with E-state index in [9.17, 15) is 14.4 Å². The first-order valence-corrected chi connectivity index (χ1v) is 5.87. The van der Waals surface area contributed by atoms with Gasteiger partial charge in [0.1, 0.15) is 5.78 Å². The Kier molecular flexibility index (Phi) is 6.72. The van der Waals surface area contributed by atoms with Crippen molar-refractivity contribution < 1.29 is 19.5 Å². The number of carboxylic acid groups (broad SMARTS) is 1. The van der Waals surface area contributed by atoms with E-state index >= 15 is 0 Å². The van der Waals surface area contributed by atoms with Crippen LogP contribution in [0.2, 0.25) is 0 Å². The van der Waals surface area contributed by atoms with Gasteiger partial charge in [-0.25, -0.2) is 4.79 Å². The van der Waals surface area contributed by atoms with Gasteiger partial charge in [-0.15, -0.1) is 0 Å². The van der Waals surface area contributed by atoms with Crippen molar-refractivity contribution in [2.75, 3.05) is 5.75 Å². The van der Waals surface area contributed by atoms with E-state index in [1.165, 1.54) is 26.8 Å². The molecule has 0 aromatic carbocycles. The lowest BCUT2D eigenvalue weighted by atomic mass is 10.0. The number of ketones is 1. The fraction of sp³-hybridized carbons (Fsp3) is 0.545. The van der Waals surface area contributed by atoms with Crippen LogP contribution in [0.1, 0.15) is 27.2 Å². The molecule has 0 fully saturated rings. The molecule has 0 aliphatic carbocycles. The van der Waals surface area contributed by atoms with E-state index in [-0.39, 0.29) is 22.4 Å². The Morgan fingerprint density at radius 2 is 1.81 bits per heavy atom. The van der Waals surface area contributed by atoms with Gasteiger partial charge in [-0.3, -0.25) is 9.59 Å². The van der Waals surface area contributed by atoms with Crippen molar-refractivity contribution in [1.82, 2.24) is 0 Å². The average Bonchev–Trinajstić information content (AvgIpc) is 2.15. The first-order valence-electron chi connectivity index (χ1n) is 4.88. The molecule has 0 spiro atoms. The Morgan fingerprint density at radius 3 is 2.19 bits per heavy atom. The number of carbonyl (C=O) groups excluding carboxylic acids is 2. The molecule has 0 amide bonds. The number of rotatable bonds is 6. The molecule has 16 heavy (non-hydrogen) atoms. The topological polar surface area (TPSA) is 71.4 Å². The molecule has 1 unspecified atom stereocenters. The Bertz CT molecular complexity index is 320. The second-order valence-corrected chi connectivity index (χ2v) is 4.74. The van der Waals surface area contributed by atoms with Crippen LogP contribution < -0.4 is 0 Å². The van der Waals surface area contributed by atoms with E-state index in [2.05, 4.69) is 0 Å². The smallest absolute Gasteiger partial charge is 0.330 e. The molecule has 90 valence electrons. The first-order chi connectivity index (χ1) is 7.34. The van der Waals surface area contributed by atoms with Gasteiger partial charge < -0.3 is 5.11 Å². The van der Waals surface area contributed by atoms with Gasteiger partial charge in [0.2, 0.25) is 0 Å². The van der Waals surface area contributed by atoms with E-state index in [1.807, 2.05) is 0 Å². The minimum Gasteiger partial charge on any atom is -0.478 e. The van der Waals surface area contributed by atoms with E-state index < -0.39 is 5.97 Å². The second kappa shape index (κ2) is 7.22. The zero-order valence-electron chi connectivity index (χ0n) is 9.65. The number of hydrogen-bond donors (Lipinski definition) is 1. The number of hydrogen-bond acceptors (Lipinski definition) is 4. The molecule has 0 aliphatic rings. The van der Waals surface area contributed by atoms with Crippen LogP contribution >= 0.6 is 11.8 Å². The van der Waals surface area contributed by atoms with Gasteiger partial charge in [-0.2, -0.15) is 0 Å². The van der Waals surface area contributed by atoms with Gasteiger partial charge >= 0.3 is 5.97 Å². The summed E-state index contributed by atoms with van der Waals surface area (Å²) in [5, 5.41) is 8.60. The molecule has 0 heterocycles. The molecule has 0 radical (unpaired) electrons. The Labute approximate surface area is 99.1 Å². The standard InChI is InChI=1S/C11H16O4S/c1-7(11(14)15)4-5-10(8(2)12)6-16-9(3)13/h4,10H,5-6H2,1-3H3,(H,14,15). The molecule has 0 aromatic rings. The molecular formula is C11H16O4S. The molecule has 0 rings (SSSR count). The summed E-state index contributed by atoms with van der Waals surface area (Å²) in [5.74, 6) is -0.887. The van der Waals surface area contributed by atoms with Gasteiger partial charge in [0, 0.05) is 24.2 Å². The largest absolute Gasteiger partial charge is 0.478 e. The third kappa shape index (κ3) is 6.40. The third-order valence-corrected chi connectivity index (χ3v) is 3.08. The van der Waals surface area contributed by atoms with Gasteiger partial charge in [-0.1, -0.05) is 17.8 Å². The highest BCUT2D eigenvalue weighted by Gasteiger charge is 2.14. The van der Waals surface area contributed by atoms with Gasteiger partial charge in [0.15, 0.2) is 5.12 Å². The van der Waals surface area contributed by atoms with E-state index in [0.29, 0.717) is 12.2 Å². The lowest BCUT2D eigenvalue weighted by Crippen LogP contribution is -2.14. The van der Waals surface area contributed by atoms with Gasteiger partial charge in [-0.05, 0) is 20.3 Å². The molecule has 0 aliphatic heterocycles. The Balaban J connectivity index is 4.35. The molecule has 0 saturated heterocycles. The molecule has 1 N–H and O–H groups in total. The van der Waals surface area contributed by atoms with Crippen molar-refractivity contribution >= 4 is 28.6 Å². The Hall–Kier alpha value is -1.10. The van der Waals surface area contributed by atoms with Crippen molar-refractivity contribution in [1.29, 1.82) is 0 Å². The summed E-state index contributed by atoms with van der Waals surface area (Å²) in [4.78, 5) is 32.5. The molecule has 1 atom stereocenters. The molecule has 0 aromatic heterocycles. The predicted molar refractivity (Wildman–Crippen MR) is 63.3 cm³/mol. The Morgan fingerprint density at radius 1 is 1.25 bits per heavy atom. The SMILES string of the molecule is CC(=O)SCC(CC=C(C)C(=O)O)C(C)=O. The number of Topliss-reactive ketones (excluding diaryl/α,β-unsaturated/α-hetero) is 1. The van der Waals surface area contributed by atoms with Crippen LogP contribution in [-0.2, 0) is 14.4 Å². The minimum atomic E-state index is -0.985. The van der Waals surface area contributed by atoms with Crippen molar-refractivity contribution in [2.24, 2.45) is 5.92 Å². The first kappa shape index (κ1) is 14.9. The van der Waals surface area contributed by atoms with Crippen molar-refractivity contribution in [3.05, 3.63) is 11.6 Å². The van der Waals surface area contributed by atoms with Crippen LogP contribution in [0.25, 0.3) is 0 Å². The fourth-order valence-corrected chi connectivity index (χ4v) is 1.78. The summed E-state index contributed by atoms with van der Waals surface area (Å²) in [6.07, 6.45) is 1.89. The average molecular weight is 244 g/mol. The summed E-state index contributed by atoms with van der Waals surface area (Å²) < 4.78 is 0. The second-order valence-electron chi connectivity index (χ2n) is 3.54. The summed E-state index contributed by atoms with van der Waals surface area (Å²) in [6, 6.07) is 0. The zero-order chi connectivity index (χ0) is 12.7. The number of carboxylic acids is 1. The van der Waals surface area contributed by atoms with E-state index in [4.69, 9.17) is 5.11 Å². The van der Waals surface area contributed by atoms with Crippen molar-refractivity contribution in [3.8, 4) is 0 Å². The van der Waals surface area contributed by atoms with E-state index in [1.54, 1.807) is 0 Å². The summed E-state index contributed by atoms with van der Waals surface area (Å²) in [6.45, 7) is 4.38. The maximum Gasteiger partial charge on any atom is 0.330 e. The summed E-state index contributed by atoms with van der Waals surface area (Å²) in [5.41, 5.74) is 0.221. The number of thioether (sulfide) groups is 1. The van der Waals surface area contributed by atoms with Gasteiger partial charge in [0.05, 0.1) is 0 Å². The fourth-order valence-electron chi connectivity index (χ4n) is 0.976. The van der Waals surface area contributed by atoms with Crippen LogP contribution in [0.4, 0.5) is 0 Å². The van der Waals surface area contributed by atoms with Crippen LogP contribution in [-0.4, -0.2) is 27.7 Å². The minimum absolute atomic E-state index is 0.0248. The highest BCUT2D eigenvalue weighted by atomic mass is 32.2. The molecule has 0 bridgehead atoms. The van der Waals surface area contributed by atoms with Crippen LogP contribution in [0.3, 0.4) is 0 Å². The lowest BCUT2D eigenvalue weighted by molar-refractivity contribution is -0.132. The van der Waals surface area contributed by atoms with Crippen LogP contribution in [0.15, 0.2) is 11.6 Å². The molecule has 0 saturated carbocycles. The lowest BCUT2D eigenvalue weighted by Gasteiger charge is -2.09. The maximum absolute atomic E-state index is 11.2. The number of aliphatic carboxylic acids is 1. The number of allylic oxidation sites excluding steroid dienone is 1. The summed E-state index contributed by atoms with van der Waals surface area (Å²) in [7, 11) is 0. The van der Waals surface area contributed by atoms with Crippen molar-refractivity contribution in [2.45, 2.75) is 27.2 Å².